The van der Waals surface area contributed by atoms with Crippen LogP contribution in [-0.2, 0) is 4.79 Å². The molecule has 1 aromatic rings. The summed E-state index contributed by atoms with van der Waals surface area (Å²) in [6.07, 6.45) is 0.865. The average molecular weight is 284 g/mol. The molecule has 0 aromatic heterocycles. The number of nitrogens with two attached hydrogens (primary N) is 1. The van der Waals surface area contributed by atoms with E-state index >= 15 is 0 Å². The van der Waals surface area contributed by atoms with Crippen LogP contribution in [0.25, 0.3) is 0 Å². The maximum atomic E-state index is 11.9. The summed E-state index contributed by atoms with van der Waals surface area (Å²) in [6.45, 7) is 3.41. The summed E-state index contributed by atoms with van der Waals surface area (Å²) in [4.78, 5) is 23.0. The first-order valence-corrected chi connectivity index (χ1v) is 6.00. The van der Waals surface area contributed by atoms with E-state index in [1.807, 2.05) is 0 Å². The van der Waals surface area contributed by atoms with Crippen LogP contribution < -0.4 is 16.4 Å². The quantitative estimate of drug-likeness (QED) is 0.776. The number of amides is 2. The van der Waals surface area contributed by atoms with E-state index in [1.165, 1.54) is 0 Å². The third kappa shape index (κ3) is 3.68. The molecule has 1 aliphatic rings. The second-order valence-electron chi connectivity index (χ2n) is 4.57. The van der Waals surface area contributed by atoms with E-state index in [0.29, 0.717) is 11.3 Å². The molecule has 2 amide bonds. The minimum absolute atomic E-state index is 0. The van der Waals surface area contributed by atoms with Gasteiger partial charge in [-0.05, 0) is 43.7 Å². The highest BCUT2D eigenvalue weighted by molar-refractivity contribution is 5.96. The smallest absolute Gasteiger partial charge is 0.248 e. The minimum Gasteiger partial charge on any atom is -0.366 e. The van der Waals surface area contributed by atoms with Gasteiger partial charge in [0.05, 0.1) is 5.92 Å². The number of primary amides is 1. The van der Waals surface area contributed by atoms with Crippen molar-refractivity contribution in [2.75, 3.05) is 18.4 Å². The van der Waals surface area contributed by atoms with Gasteiger partial charge in [-0.15, -0.1) is 12.4 Å². The molecule has 1 aromatic carbocycles. The molecular weight excluding hydrogens is 266 g/mol. The number of carbonyl (C=O) groups is 2. The van der Waals surface area contributed by atoms with E-state index in [2.05, 4.69) is 10.6 Å². The highest BCUT2D eigenvalue weighted by atomic mass is 35.5. The monoisotopic (exact) mass is 283 g/mol. The highest BCUT2D eigenvalue weighted by Crippen LogP contribution is 2.17. The highest BCUT2D eigenvalue weighted by Gasteiger charge is 2.22. The topological polar surface area (TPSA) is 84.2 Å². The lowest BCUT2D eigenvalue weighted by atomic mass is 10.1. The van der Waals surface area contributed by atoms with Crippen molar-refractivity contribution in [3.63, 3.8) is 0 Å². The lowest BCUT2D eigenvalue weighted by Crippen LogP contribution is -2.24. The zero-order valence-electron chi connectivity index (χ0n) is 10.7. The van der Waals surface area contributed by atoms with Gasteiger partial charge in [-0.3, -0.25) is 9.59 Å². The second-order valence-corrected chi connectivity index (χ2v) is 4.57. The molecule has 1 fully saturated rings. The van der Waals surface area contributed by atoms with Crippen LogP contribution in [0.15, 0.2) is 18.2 Å². The predicted octanol–water partition coefficient (Wildman–Crippen LogP) is 1.06. The van der Waals surface area contributed by atoms with Crippen LogP contribution in [0.1, 0.15) is 22.3 Å². The van der Waals surface area contributed by atoms with E-state index in [4.69, 9.17) is 5.73 Å². The number of anilines is 1. The Morgan fingerprint density at radius 3 is 2.68 bits per heavy atom. The van der Waals surface area contributed by atoms with Crippen LogP contribution in [0.5, 0.6) is 0 Å². The van der Waals surface area contributed by atoms with Gasteiger partial charge in [0.15, 0.2) is 0 Å². The molecule has 0 saturated carbocycles. The van der Waals surface area contributed by atoms with Crippen LogP contribution in [0.2, 0.25) is 0 Å². The Labute approximate surface area is 118 Å². The predicted molar refractivity (Wildman–Crippen MR) is 76.6 cm³/mol. The zero-order chi connectivity index (χ0) is 13.1. The Kier molecular flexibility index (Phi) is 5.32. The standard InChI is InChI=1S/C13H17N3O2.ClH/c1-8-6-10(2-3-11(8)12(14)17)16-13(18)9-4-5-15-7-9;/h2-3,6,9,15H,4-5,7H2,1H3,(H2,14,17)(H,16,18);1H. The van der Waals surface area contributed by atoms with Gasteiger partial charge < -0.3 is 16.4 Å². The van der Waals surface area contributed by atoms with Gasteiger partial charge in [0, 0.05) is 17.8 Å². The summed E-state index contributed by atoms with van der Waals surface area (Å²) in [5.41, 5.74) is 7.18. The van der Waals surface area contributed by atoms with Crippen LogP contribution in [0, 0.1) is 12.8 Å². The molecule has 0 aliphatic carbocycles. The summed E-state index contributed by atoms with van der Waals surface area (Å²) in [7, 11) is 0. The van der Waals surface area contributed by atoms with Crippen LogP contribution in [0.3, 0.4) is 0 Å². The van der Waals surface area contributed by atoms with Crippen LogP contribution in [-0.4, -0.2) is 24.9 Å². The molecule has 4 N–H and O–H groups in total. The Hall–Kier alpha value is -1.59. The Morgan fingerprint density at radius 2 is 2.16 bits per heavy atom. The molecule has 104 valence electrons. The molecule has 2 rings (SSSR count). The average Bonchev–Trinajstić information content (AvgIpc) is 2.81. The summed E-state index contributed by atoms with van der Waals surface area (Å²) in [6, 6.07) is 5.11. The van der Waals surface area contributed by atoms with Gasteiger partial charge in [-0.2, -0.15) is 0 Å². The maximum Gasteiger partial charge on any atom is 0.248 e. The molecule has 1 saturated heterocycles. The van der Waals surface area contributed by atoms with E-state index in [0.717, 1.165) is 25.1 Å². The third-order valence-corrected chi connectivity index (χ3v) is 3.19. The fraction of sp³-hybridized carbons (Fsp3) is 0.385. The first kappa shape index (κ1) is 15.5. The van der Waals surface area contributed by atoms with Crippen LogP contribution in [0.4, 0.5) is 5.69 Å². The number of halogens is 1. The largest absolute Gasteiger partial charge is 0.366 e. The molecule has 5 nitrogen and oxygen atoms in total. The molecule has 19 heavy (non-hydrogen) atoms. The summed E-state index contributed by atoms with van der Waals surface area (Å²) < 4.78 is 0. The van der Waals surface area contributed by atoms with Crippen molar-refractivity contribution in [2.45, 2.75) is 13.3 Å². The van der Waals surface area contributed by atoms with E-state index in [9.17, 15) is 9.59 Å². The van der Waals surface area contributed by atoms with Crippen molar-refractivity contribution in [3.8, 4) is 0 Å². The van der Waals surface area contributed by atoms with Gasteiger partial charge >= 0.3 is 0 Å². The van der Waals surface area contributed by atoms with E-state index < -0.39 is 5.91 Å². The SMILES string of the molecule is Cc1cc(NC(=O)C2CCNC2)ccc1C(N)=O.Cl. The lowest BCUT2D eigenvalue weighted by Gasteiger charge is -2.11. The number of aryl methyl sites for hydroxylation is 1. The van der Waals surface area contributed by atoms with Crippen molar-refractivity contribution >= 4 is 29.9 Å². The Morgan fingerprint density at radius 1 is 1.42 bits per heavy atom. The molecule has 0 bridgehead atoms. The lowest BCUT2D eigenvalue weighted by molar-refractivity contribution is -0.119. The molecule has 6 heteroatoms. The summed E-state index contributed by atoms with van der Waals surface area (Å²) in [5.74, 6) is -0.405. The maximum absolute atomic E-state index is 11.9. The molecule has 1 atom stereocenters. The Bertz CT molecular complexity index is 485. The minimum atomic E-state index is -0.453. The molecular formula is C13H18ClN3O2. The third-order valence-electron chi connectivity index (χ3n) is 3.19. The van der Waals surface area contributed by atoms with Gasteiger partial charge in [0.2, 0.25) is 11.8 Å². The van der Waals surface area contributed by atoms with Gasteiger partial charge in [-0.1, -0.05) is 0 Å². The molecule has 1 unspecified atom stereocenters. The normalized spacial score (nSPS) is 17.6. The first-order chi connectivity index (χ1) is 8.58. The number of hydrogen-bond donors (Lipinski definition) is 3. The van der Waals surface area contributed by atoms with Crippen molar-refractivity contribution in [2.24, 2.45) is 11.7 Å². The fourth-order valence-corrected chi connectivity index (χ4v) is 2.14. The number of rotatable bonds is 3. The summed E-state index contributed by atoms with van der Waals surface area (Å²) in [5, 5.41) is 6.01. The molecule has 0 radical (unpaired) electrons. The number of benzene rings is 1. The zero-order valence-corrected chi connectivity index (χ0v) is 11.5. The van der Waals surface area contributed by atoms with Crippen molar-refractivity contribution < 1.29 is 9.59 Å². The van der Waals surface area contributed by atoms with Crippen molar-refractivity contribution in [1.82, 2.24) is 5.32 Å². The van der Waals surface area contributed by atoms with Crippen molar-refractivity contribution in [1.29, 1.82) is 0 Å². The van der Waals surface area contributed by atoms with Gasteiger partial charge in [-0.25, -0.2) is 0 Å². The molecule has 1 aliphatic heterocycles. The number of nitrogens with one attached hydrogen (secondary N) is 2. The van der Waals surface area contributed by atoms with E-state index in [-0.39, 0.29) is 24.2 Å². The number of carbonyl (C=O) groups excluding carboxylic acids is 2. The van der Waals surface area contributed by atoms with Gasteiger partial charge in [0.25, 0.3) is 0 Å². The van der Waals surface area contributed by atoms with Crippen LogP contribution >= 0.6 is 12.4 Å². The van der Waals surface area contributed by atoms with Gasteiger partial charge in [0.1, 0.15) is 0 Å². The first-order valence-electron chi connectivity index (χ1n) is 6.00. The summed E-state index contributed by atoms with van der Waals surface area (Å²) >= 11 is 0. The second kappa shape index (κ2) is 6.54. The van der Waals surface area contributed by atoms with Crippen molar-refractivity contribution in [3.05, 3.63) is 29.3 Å². The molecule has 0 spiro atoms. The number of hydrogen-bond acceptors (Lipinski definition) is 3. The molecule has 1 heterocycles. The fourth-order valence-electron chi connectivity index (χ4n) is 2.14. The Balaban J connectivity index is 0.00000180. The van der Waals surface area contributed by atoms with E-state index in [1.54, 1.807) is 25.1 Å².